The fourth-order valence-electron chi connectivity index (χ4n) is 2.94. The summed E-state index contributed by atoms with van der Waals surface area (Å²) in [4.78, 5) is 18.5. The number of urea groups is 1. The van der Waals surface area contributed by atoms with Crippen LogP contribution in [-0.4, -0.2) is 35.5 Å². The van der Waals surface area contributed by atoms with Crippen molar-refractivity contribution in [2.45, 2.75) is 13.0 Å². The largest absolute Gasteiger partial charge is 0.338 e. The van der Waals surface area contributed by atoms with E-state index in [-0.39, 0.29) is 6.03 Å². The molecule has 1 fully saturated rings. The van der Waals surface area contributed by atoms with Gasteiger partial charge in [0.2, 0.25) is 0 Å². The van der Waals surface area contributed by atoms with E-state index in [0.717, 1.165) is 26.1 Å². The SMILES string of the molecule is O=C(NCC1CCN(Cc2cccnc2)C1)Nc1ccccc1Cl. The number of anilines is 1. The number of carbonyl (C=O) groups is 1. The third-order valence-corrected chi connectivity index (χ3v) is 4.50. The van der Waals surface area contributed by atoms with Crippen molar-refractivity contribution < 1.29 is 4.79 Å². The first-order chi connectivity index (χ1) is 11.7. The van der Waals surface area contributed by atoms with Crippen LogP contribution in [0.1, 0.15) is 12.0 Å². The van der Waals surface area contributed by atoms with Crippen LogP contribution in [0.4, 0.5) is 10.5 Å². The van der Waals surface area contributed by atoms with Crippen molar-refractivity contribution in [3.05, 3.63) is 59.4 Å². The highest BCUT2D eigenvalue weighted by atomic mass is 35.5. The summed E-state index contributed by atoms with van der Waals surface area (Å²) in [7, 11) is 0. The topological polar surface area (TPSA) is 57.3 Å². The van der Waals surface area contributed by atoms with Gasteiger partial charge in [0.1, 0.15) is 0 Å². The number of amides is 2. The molecule has 2 heterocycles. The number of likely N-dealkylation sites (tertiary alicyclic amines) is 1. The van der Waals surface area contributed by atoms with Crippen LogP contribution in [0.2, 0.25) is 5.02 Å². The number of para-hydroxylation sites is 1. The molecule has 1 aliphatic heterocycles. The number of hydrogen-bond acceptors (Lipinski definition) is 3. The number of benzene rings is 1. The minimum atomic E-state index is -0.214. The Bertz CT molecular complexity index is 680. The molecule has 1 saturated heterocycles. The van der Waals surface area contributed by atoms with Gasteiger partial charge in [0, 0.05) is 32.0 Å². The van der Waals surface area contributed by atoms with Crippen LogP contribution in [0.15, 0.2) is 48.8 Å². The van der Waals surface area contributed by atoms with Gasteiger partial charge in [0.15, 0.2) is 0 Å². The number of rotatable bonds is 5. The zero-order valence-electron chi connectivity index (χ0n) is 13.4. The normalized spacial score (nSPS) is 17.6. The molecule has 2 N–H and O–H groups in total. The van der Waals surface area contributed by atoms with E-state index in [1.165, 1.54) is 5.56 Å². The second kappa shape index (κ2) is 8.13. The van der Waals surface area contributed by atoms with Crippen molar-refractivity contribution in [1.82, 2.24) is 15.2 Å². The lowest BCUT2D eigenvalue weighted by Gasteiger charge is -2.16. The molecular formula is C18H21ClN4O. The standard InChI is InChI=1S/C18H21ClN4O/c19-16-5-1-2-6-17(16)22-18(24)21-11-15-7-9-23(13-15)12-14-4-3-8-20-10-14/h1-6,8,10,15H,7,9,11-13H2,(H2,21,22,24). The van der Waals surface area contributed by atoms with Gasteiger partial charge in [-0.15, -0.1) is 0 Å². The van der Waals surface area contributed by atoms with E-state index < -0.39 is 0 Å². The van der Waals surface area contributed by atoms with Crippen LogP contribution in [0.5, 0.6) is 0 Å². The molecule has 0 saturated carbocycles. The molecule has 0 bridgehead atoms. The van der Waals surface area contributed by atoms with Gasteiger partial charge in [-0.2, -0.15) is 0 Å². The Kier molecular flexibility index (Phi) is 5.67. The summed E-state index contributed by atoms with van der Waals surface area (Å²) in [6.45, 7) is 3.62. The molecule has 5 nitrogen and oxygen atoms in total. The summed E-state index contributed by atoms with van der Waals surface area (Å²) >= 11 is 6.04. The van der Waals surface area contributed by atoms with Gasteiger partial charge in [0.25, 0.3) is 0 Å². The molecule has 24 heavy (non-hydrogen) atoms. The zero-order chi connectivity index (χ0) is 16.8. The van der Waals surface area contributed by atoms with Crippen molar-refractivity contribution in [1.29, 1.82) is 0 Å². The molecule has 126 valence electrons. The Morgan fingerprint density at radius 2 is 2.17 bits per heavy atom. The molecule has 1 atom stereocenters. The van der Waals surface area contributed by atoms with Gasteiger partial charge in [-0.1, -0.05) is 29.8 Å². The molecule has 1 aliphatic rings. The third kappa shape index (κ3) is 4.69. The number of aromatic nitrogens is 1. The van der Waals surface area contributed by atoms with Gasteiger partial charge in [-0.3, -0.25) is 9.88 Å². The van der Waals surface area contributed by atoms with Gasteiger partial charge in [-0.25, -0.2) is 4.79 Å². The monoisotopic (exact) mass is 344 g/mol. The lowest BCUT2D eigenvalue weighted by Crippen LogP contribution is -2.34. The highest BCUT2D eigenvalue weighted by Crippen LogP contribution is 2.20. The van der Waals surface area contributed by atoms with E-state index in [9.17, 15) is 4.79 Å². The fraction of sp³-hybridized carbons (Fsp3) is 0.333. The number of nitrogens with one attached hydrogen (secondary N) is 2. The van der Waals surface area contributed by atoms with E-state index in [1.807, 2.05) is 24.4 Å². The summed E-state index contributed by atoms with van der Waals surface area (Å²) in [5.74, 6) is 0.471. The first-order valence-electron chi connectivity index (χ1n) is 8.11. The van der Waals surface area contributed by atoms with Crippen LogP contribution in [0, 0.1) is 5.92 Å². The van der Waals surface area contributed by atoms with Crippen molar-refractivity contribution in [3.63, 3.8) is 0 Å². The van der Waals surface area contributed by atoms with Gasteiger partial charge in [0.05, 0.1) is 10.7 Å². The average Bonchev–Trinajstić information content (AvgIpc) is 3.03. The molecule has 2 amide bonds. The first kappa shape index (κ1) is 16.7. The average molecular weight is 345 g/mol. The van der Waals surface area contributed by atoms with E-state index in [0.29, 0.717) is 23.2 Å². The summed E-state index contributed by atoms with van der Waals surface area (Å²) in [6.07, 6.45) is 4.78. The predicted octanol–water partition coefficient (Wildman–Crippen LogP) is 3.38. The van der Waals surface area contributed by atoms with Gasteiger partial charge < -0.3 is 10.6 Å². The first-order valence-corrected chi connectivity index (χ1v) is 8.49. The van der Waals surface area contributed by atoms with Gasteiger partial charge >= 0.3 is 6.03 Å². The van der Waals surface area contributed by atoms with Crippen LogP contribution >= 0.6 is 11.6 Å². The summed E-state index contributed by atoms with van der Waals surface area (Å²) in [5, 5.41) is 6.26. The predicted molar refractivity (Wildman–Crippen MR) is 96.1 cm³/mol. The number of pyridine rings is 1. The molecule has 1 aromatic carbocycles. The Morgan fingerprint density at radius 3 is 2.96 bits per heavy atom. The Morgan fingerprint density at radius 1 is 1.29 bits per heavy atom. The van der Waals surface area contributed by atoms with E-state index in [4.69, 9.17) is 11.6 Å². The Hall–Kier alpha value is -2.11. The highest BCUT2D eigenvalue weighted by molar-refractivity contribution is 6.33. The van der Waals surface area contributed by atoms with Gasteiger partial charge in [-0.05, 0) is 42.6 Å². The smallest absolute Gasteiger partial charge is 0.319 e. The number of hydrogen-bond donors (Lipinski definition) is 2. The number of halogens is 1. The molecule has 0 aliphatic carbocycles. The number of carbonyl (C=O) groups excluding carboxylic acids is 1. The van der Waals surface area contributed by atoms with Crippen LogP contribution in [0.25, 0.3) is 0 Å². The fourth-order valence-corrected chi connectivity index (χ4v) is 3.12. The molecule has 2 aromatic rings. The molecule has 0 radical (unpaired) electrons. The summed E-state index contributed by atoms with van der Waals surface area (Å²) in [5.41, 5.74) is 1.85. The van der Waals surface area contributed by atoms with E-state index in [2.05, 4.69) is 26.6 Å². The number of nitrogens with zero attached hydrogens (tertiary/aromatic N) is 2. The minimum Gasteiger partial charge on any atom is -0.338 e. The molecular weight excluding hydrogens is 324 g/mol. The molecule has 1 unspecified atom stereocenters. The van der Waals surface area contributed by atoms with Crippen molar-refractivity contribution in [2.24, 2.45) is 5.92 Å². The Labute approximate surface area is 147 Å². The second-order valence-electron chi connectivity index (χ2n) is 6.07. The van der Waals surface area contributed by atoms with Crippen LogP contribution in [-0.2, 0) is 6.54 Å². The minimum absolute atomic E-state index is 0.214. The van der Waals surface area contributed by atoms with Crippen molar-refractivity contribution in [2.75, 3.05) is 25.0 Å². The highest BCUT2D eigenvalue weighted by Gasteiger charge is 2.22. The molecule has 1 aromatic heterocycles. The van der Waals surface area contributed by atoms with Crippen molar-refractivity contribution >= 4 is 23.3 Å². The zero-order valence-corrected chi connectivity index (χ0v) is 14.2. The van der Waals surface area contributed by atoms with Crippen molar-refractivity contribution in [3.8, 4) is 0 Å². The van der Waals surface area contributed by atoms with Crippen LogP contribution < -0.4 is 10.6 Å². The molecule has 3 rings (SSSR count). The van der Waals surface area contributed by atoms with E-state index >= 15 is 0 Å². The third-order valence-electron chi connectivity index (χ3n) is 4.17. The molecule has 6 heteroatoms. The summed E-state index contributed by atoms with van der Waals surface area (Å²) < 4.78 is 0. The molecule has 0 spiro atoms. The summed E-state index contributed by atoms with van der Waals surface area (Å²) in [6, 6.07) is 11.1. The lowest BCUT2D eigenvalue weighted by molar-refractivity contribution is 0.249. The Balaban J connectivity index is 1.41. The maximum atomic E-state index is 12.0. The maximum absolute atomic E-state index is 12.0. The van der Waals surface area contributed by atoms with E-state index in [1.54, 1.807) is 18.3 Å². The second-order valence-corrected chi connectivity index (χ2v) is 6.47. The lowest BCUT2D eigenvalue weighted by atomic mass is 10.1. The maximum Gasteiger partial charge on any atom is 0.319 e. The quantitative estimate of drug-likeness (QED) is 0.874. The van der Waals surface area contributed by atoms with Crippen LogP contribution in [0.3, 0.4) is 0 Å².